The molecule has 0 radical (unpaired) electrons. The molecule has 1 saturated carbocycles. The van der Waals surface area contributed by atoms with Gasteiger partial charge < -0.3 is 5.32 Å². The van der Waals surface area contributed by atoms with Crippen LogP contribution in [0.5, 0.6) is 0 Å². The average Bonchev–Trinajstić information content (AvgIpc) is 2.42. The predicted octanol–water partition coefficient (Wildman–Crippen LogP) is 4.96. The Morgan fingerprint density at radius 3 is 2.44 bits per heavy atom. The van der Waals surface area contributed by atoms with Gasteiger partial charge in [-0.1, -0.05) is 55.8 Å². The smallest absolute Gasteiger partial charge is 0.0406 e. The molecule has 0 spiro atoms. The Balaban J connectivity index is 1.86. The molecule has 1 fully saturated rings. The van der Waals surface area contributed by atoms with Gasteiger partial charge in [-0.25, -0.2) is 0 Å². The summed E-state index contributed by atoms with van der Waals surface area (Å²) in [4.78, 5) is 0. The van der Waals surface area contributed by atoms with E-state index in [1.54, 1.807) is 0 Å². The van der Waals surface area contributed by atoms with Crippen molar-refractivity contribution in [2.45, 2.75) is 51.0 Å². The quantitative estimate of drug-likeness (QED) is 0.793. The number of hydrogen-bond acceptors (Lipinski definition) is 1. The Bertz CT molecular complexity index is 341. The Kier molecular flexibility index (Phi) is 5.52. The van der Waals surface area contributed by atoms with Gasteiger partial charge in [0.25, 0.3) is 0 Å². The standard InChI is InChI=1S/C16H24ClN/c1-18-16(14-8-10-15(17)11-9-14)12-7-13-5-3-2-4-6-13/h8-11,13,16,18H,2-7,12H2,1H3. The second-order valence-electron chi connectivity index (χ2n) is 5.47. The van der Waals surface area contributed by atoms with Gasteiger partial charge in [-0.3, -0.25) is 0 Å². The maximum atomic E-state index is 5.94. The molecule has 1 unspecified atom stereocenters. The van der Waals surface area contributed by atoms with Crippen LogP contribution in [0.15, 0.2) is 24.3 Å². The molecule has 0 bridgehead atoms. The van der Waals surface area contributed by atoms with E-state index in [2.05, 4.69) is 24.5 Å². The summed E-state index contributed by atoms with van der Waals surface area (Å²) in [5.74, 6) is 0.960. The van der Waals surface area contributed by atoms with E-state index in [0.717, 1.165) is 10.9 Å². The van der Waals surface area contributed by atoms with E-state index in [0.29, 0.717) is 6.04 Å². The molecular formula is C16H24ClN. The first-order chi connectivity index (χ1) is 8.79. The van der Waals surface area contributed by atoms with E-state index < -0.39 is 0 Å². The van der Waals surface area contributed by atoms with Crippen molar-refractivity contribution in [3.8, 4) is 0 Å². The van der Waals surface area contributed by atoms with Gasteiger partial charge in [-0.15, -0.1) is 0 Å². The molecule has 1 atom stereocenters. The number of rotatable bonds is 5. The van der Waals surface area contributed by atoms with Crippen LogP contribution in [0.4, 0.5) is 0 Å². The second-order valence-corrected chi connectivity index (χ2v) is 5.91. The Hall–Kier alpha value is -0.530. The highest BCUT2D eigenvalue weighted by atomic mass is 35.5. The molecule has 0 heterocycles. The maximum Gasteiger partial charge on any atom is 0.0406 e. The Labute approximate surface area is 116 Å². The van der Waals surface area contributed by atoms with E-state index >= 15 is 0 Å². The van der Waals surface area contributed by atoms with Crippen LogP contribution < -0.4 is 5.32 Å². The van der Waals surface area contributed by atoms with Gasteiger partial charge in [0.05, 0.1) is 0 Å². The number of hydrogen-bond donors (Lipinski definition) is 1. The van der Waals surface area contributed by atoms with E-state index in [4.69, 9.17) is 11.6 Å². The third-order valence-electron chi connectivity index (χ3n) is 4.21. The third kappa shape index (κ3) is 4.00. The second kappa shape index (κ2) is 7.16. The van der Waals surface area contributed by atoms with Crippen molar-refractivity contribution >= 4 is 11.6 Å². The minimum atomic E-state index is 0.476. The van der Waals surface area contributed by atoms with Gasteiger partial charge in [-0.2, -0.15) is 0 Å². The minimum absolute atomic E-state index is 0.476. The van der Waals surface area contributed by atoms with Crippen LogP contribution in [-0.4, -0.2) is 7.05 Å². The topological polar surface area (TPSA) is 12.0 Å². The molecule has 2 rings (SSSR count). The first kappa shape index (κ1) is 13.9. The van der Waals surface area contributed by atoms with Crippen molar-refractivity contribution in [2.24, 2.45) is 5.92 Å². The molecule has 100 valence electrons. The first-order valence-corrected chi connectivity index (χ1v) is 7.60. The highest BCUT2D eigenvalue weighted by Crippen LogP contribution is 2.30. The molecule has 1 nitrogen and oxygen atoms in total. The summed E-state index contributed by atoms with van der Waals surface area (Å²) in [6, 6.07) is 8.74. The van der Waals surface area contributed by atoms with Crippen molar-refractivity contribution < 1.29 is 0 Å². The van der Waals surface area contributed by atoms with Gasteiger partial charge in [0, 0.05) is 11.1 Å². The zero-order valence-corrected chi connectivity index (χ0v) is 12.0. The van der Waals surface area contributed by atoms with Crippen molar-refractivity contribution in [3.63, 3.8) is 0 Å². The normalized spacial score (nSPS) is 18.8. The molecule has 1 aromatic rings. The largest absolute Gasteiger partial charge is 0.313 e. The van der Waals surface area contributed by atoms with Crippen molar-refractivity contribution in [3.05, 3.63) is 34.9 Å². The van der Waals surface area contributed by atoms with Gasteiger partial charge in [-0.05, 0) is 43.5 Å². The van der Waals surface area contributed by atoms with Crippen LogP contribution in [0, 0.1) is 5.92 Å². The fourth-order valence-corrected chi connectivity index (χ4v) is 3.18. The van der Waals surface area contributed by atoms with E-state index in [1.807, 2.05) is 12.1 Å². The van der Waals surface area contributed by atoms with Crippen LogP contribution in [0.1, 0.15) is 56.6 Å². The Morgan fingerprint density at radius 2 is 1.83 bits per heavy atom. The molecule has 1 aliphatic carbocycles. The molecule has 1 aliphatic rings. The molecule has 0 aromatic heterocycles. The van der Waals surface area contributed by atoms with Crippen LogP contribution in [0.3, 0.4) is 0 Å². The van der Waals surface area contributed by atoms with Crippen molar-refractivity contribution in [2.75, 3.05) is 7.05 Å². The van der Waals surface area contributed by atoms with Crippen molar-refractivity contribution in [1.29, 1.82) is 0 Å². The van der Waals surface area contributed by atoms with Crippen molar-refractivity contribution in [1.82, 2.24) is 5.32 Å². The lowest BCUT2D eigenvalue weighted by Gasteiger charge is -2.24. The maximum absolute atomic E-state index is 5.94. The molecule has 0 aliphatic heterocycles. The summed E-state index contributed by atoms with van der Waals surface area (Å²) in [6.07, 6.45) is 9.81. The van der Waals surface area contributed by atoms with E-state index in [-0.39, 0.29) is 0 Å². The zero-order chi connectivity index (χ0) is 12.8. The summed E-state index contributed by atoms with van der Waals surface area (Å²) < 4.78 is 0. The molecule has 18 heavy (non-hydrogen) atoms. The predicted molar refractivity (Wildman–Crippen MR) is 79.1 cm³/mol. The Morgan fingerprint density at radius 1 is 1.17 bits per heavy atom. The molecule has 0 amide bonds. The van der Waals surface area contributed by atoms with Gasteiger partial charge >= 0.3 is 0 Å². The number of nitrogens with one attached hydrogen (secondary N) is 1. The van der Waals surface area contributed by atoms with Crippen LogP contribution in [0.25, 0.3) is 0 Å². The van der Waals surface area contributed by atoms with Crippen LogP contribution in [0.2, 0.25) is 5.02 Å². The SMILES string of the molecule is CNC(CCC1CCCCC1)c1ccc(Cl)cc1. The monoisotopic (exact) mass is 265 g/mol. The summed E-state index contributed by atoms with van der Waals surface area (Å²) in [7, 11) is 2.06. The molecule has 2 heteroatoms. The lowest BCUT2D eigenvalue weighted by Crippen LogP contribution is -2.18. The lowest BCUT2D eigenvalue weighted by molar-refractivity contribution is 0.317. The summed E-state index contributed by atoms with van der Waals surface area (Å²) in [6.45, 7) is 0. The molecular weight excluding hydrogens is 242 g/mol. The van der Waals surface area contributed by atoms with E-state index in [1.165, 1.54) is 50.5 Å². The molecule has 0 saturated heterocycles. The fraction of sp³-hybridized carbons (Fsp3) is 0.625. The average molecular weight is 266 g/mol. The summed E-state index contributed by atoms with van der Waals surface area (Å²) in [5, 5.41) is 4.25. The molecule has 1 N–H and O–H groups in total. The highest BCUT2D eigenvalue weighted by Gasteiger charge is 2.16. The fourth-order valence-electron chi connectivity index (χ4n) is 3.05. The zero-order valence-electron chi connectivity index (χ0n) is 11.3. The molecule has 1 aromatic carbocycles. The van der Waals surface area contributed by atoms with Gasteiger partial charge in [0.15, 0.2) is 0 Å². The summed E-state index contributed by atoms with van der Waals surface area (Å²) >= 11 is 5.94. The minimum Gasteiger partial charge on any atom is -0.313 e. The van der Waals surface area contributed by atoms with E-state index in [9.17, 15) is 0 Å². The van der Waals surface area contributed by atoms with Crippen LogP contribution in [-0.2, 0) is 0 Å². The van der Waals surface area contributed by atoms with Crippen LogP contribution >= 0.6 is 11.6 Å². The number of benzene rings is 1. The lowest BCUT2D eigenvalue weighted by atomic mass is 9.84. The number of halogens is 1. The third-order valence-corrected chi connectivity index (χ3v) is 4.46. The first-order valence-electron chi connectivity index (χ1n) is 7.22. The highest BCUT2D eigenvalue weighted by molar-refractivity contribution is 6.30. The van der Waals surface area contributed by atoms with Gasteiger partial charge in [0.1, 0.15) is 0 Å². The van der Waals surface area contributed by atoms with Gasteiger partial charge in [0.2, 0.25) is 0 Å². The summed E-state index contributed by atoms with van der Waals surface area (Å²) in [5.41, 5.74) is 1.36.